The zero-order valence-corrected chi connectivity index (χ0v) is 13.0. The summed E-state index contributed by atoms with van der Waals surface area (Å²) in [7, 11) is -0.338. The lowest BCUT2D eigenvalue weighted by Gasteiger charge is -2.22. The van der Waals surface area contributed by atoms with Gasteiger partial charge in [-0.1, -0.05) is 36.4 Å². The summed E-state index contributed by atoms with van der Waals surface area (Å²) in [5.74, 6) is 0. The molecule has 1 atom stereocenters. The Morgan fingerprint density at radius 1 is 1.15 bits per heavy atom. The Bertz CT molecular complexity index is 737. The van der Waals surface area contributed by atoms with Gasteiger partial charge < -0.3 is 9.05 Å². The molecule has 0 amide bonds. The van der Waals surface area contributed by atoms with E-state index in [9.17, 15) is 4.57 Å². The van der Waals surface area contributed by atoms with E-state index in [1.165, 1.54) is 18.9 Å². The molecule has 1 aromatic carbocycles. The van der Waals surface area contributed by atoms with Gasteiger partial charge in [-0.15, -0.1) is 11.3 Å². The van der Waals surface area contributed by atoms with Gasteiger partial charge in [-0.2, -0.15) is 0 Å². The fourth-order valence-electron chi connectivity index (χ4n) is 2.49. The van der Waals surface area contributed by atoms with Gasteiger partial charge in [0.05, 0.1) is 0 Å². The summed E-state index contributed by atoms with van der Waals surface area (Å²) in [5, 5.41) is 1.11. The molecule has 0 aliphatic heterocycles. The average Bonchev–Trinajstić information content (AvgIpc) is 2.71. The SMILES string of the molecule is COP(=O)(OC)C1C=CC=Cc2sc3ccccc3c21. The maximum absolute atomic E-state index is 12.8. The van der Waals surface area contributed by atoms with E-state index in [0.29, 0.717) is 0 Å². The van der Waals surface area contributed by atoms with Crippen LogP contribution in [0, 0.1) is 0 Å². The molecule has 20 heavy (non-hydrogen) atoms. The largest absolute Gasteiger partial charge is 0.341 e. The van der Waals surface area contributed by atoms with Crippen molar-refractivity contribution in [3.05, 3.63) is 52.9 Å². The highest BCUT2D eigenvalue weighted by Gasteiger charge is 2.36. The number of hydrogen-bond donors (Lipinski definition) is 0. The first-order valence-electron chi connectivity index (χ1n) is 6.27. The Morgan fingerprint density at radius 2 is 1.90 bits per heavy atom. The lowest BCUT2D eigenvalue weighted by Crippen LogP contribution is -2.01. The fourth-order valence-corrected chi connectivity index (χ4v) is 5.25. The molecule has 1 aliphatic rings. The number of benzene rings is 1. The number of fused-ring (bicyclic) bond motifs is 3. The zero-order chi connectivity index (χ0) is 14.2. The first kappa shape index (κ1) is 13.8. The van der Waals surface area contributed by atoms with Crippen molar-refractivity contribution in [3.63, 3.8) is 0 Å². The van der Waals surface area contributed by atoms with Gasteiger partial charge >= 0.3 is 7.60 Å². The molecule has 1 heterocycles. The summed E-state index contributed by atoms with van der Waals surface area (Å²) in [6.07, 6.45) is 7.81. The predicted octanol–water partition coefficient (Wildman–Crippen LogP) is 5.01. The molecule has 0 saturated heterocycles. The smallest absolute Gasteiger partial charge is 0.311 e. The molecule has 0 spiro atoms. The molecule has 1 unspecified atom stereocenters. The van der Waals surface area contributed by atoms with Crippen LogP contribution in [-0.2, 0) is 13.6 Å². The molecule has 1 aliphatic carbocycles. The second kappa shape index (κ2) is 5.30. The Labute approximate surface area is 122 Å². The Hall–Kier alpha value is -1.19. The van der Waals surface area contributed by atoms with Crippen molar-refractivity contribution in [1.29, 1.82) is 0 Å². The van der Waals surface area contributed by atoms with Crippen molar-refractivity contribution >= 4 is 35.1 Å². The number of rotatable bonds is 3. The molecule has 0 fully saturated rings. The van der Waals surface area contributed by atoms with Crippen LogP contribution in [-0.4, -0.2) is 14.2 Å². The summed E-state index contributed by atoms with van der Waals surface area (Å²) < 4.78 is 24.5. The molecule has 0 bridgehead atoms. The van der Waals surface area contributed by atoms with E-state index < -0.39 is 7.60 Å². The van der Waals surface area contributed by atoms with Crippen LogP contribution in [0.3, 0.4) is 0 Å². The minimum Gasteiger partial charge on any atom is -0.311 e. The topological polar surface area (TPSA) is 35.5 Å². The van der Waals surface area contributed by atoms with E-state index >= 15 is 0 Å². The maximum atomic E-state index is 12.8. The summed E-state index contributed by atoms with van der Waals surface area (Å²) in [5.41, 5.74) is 0.654. The van der Waals surface area contributed by atoms with Gasteiger partial charge in [-0.05, 0) is 23.1 Å². The molecule has 2 aromatic rings. The highest BCUT2D eigenvalue weighted by atomic mass is 32.1. The molecule has 0 N–H and O–H groups in total. The zero-order valence-electron chi connectivity index (χ0n) is 11.3. The second-order valence-electron chi connectivity index (χ2n) is 4.47. The predicted molar refractivity (Wildman–Crippen MR) is 84.4 cm³/mol. The van der Waals surface area contributed by atoms with Crippen molar-refractivity contribution in [3.8, 4) is 0 Å². The van der Waals surface area contributed by atoms with Crippen molar-refractivity contribution < 1.29 is 13.6 Å². The van der Waals surface area contributed by atoms with E-state index in [0.717, 1.165) is 15.8 Å². The van der Waals surface area contributed by atoms with Gasteiger partial charge in [0.15, 0.2) is 0 Å². The van der Waals surface area contributed by atoms with Crippen LogP contribution in [0.2, 0.25) is 0 Å². The molecule has 104 valence electrons. The van der Waals surface area contributed by atoms with Crippen LogP contribution < -0.4 is 0 Å². The molecular formula is C15H15O3PS. The third-order valence-corrected chi connectivity index (χ3v) is 6.74. The minimum absolute atomic E-state index is 0.376. The van der Waals surface area contributed by atoms with Gasteiger partial charge in [0.25, 0.3) is 0 Å². The molecule has 1 aromatic heterocycles. The molecule has 5 heteroatoms. The van der Waals surface area contributed by atoms with Crippen molar-refractivity contribution in [2.24, 2.45) is 0 Å². The number of allylic oxidation sites excluding steroid dienone is 3. The lowest BCUT2D eigenvalue weighted by molar-refractivity contribution is 0.270. The van der Waals surface area contributed by atoms with E-state index in [4.69, 9.17) is 9.05 Å². The fraction of sp³-hybridized carbons (Fsp3) is 0.200. The van der Waals surface area contributed by atoms with Gasteiger partial charge in [-0.25, -0.2) is 0 Å². The van der Waals surface area contributed by atoms with E-state index in [1.807, 2.05) is 36.4 Å². The monoisotopic (exact) mass is 306 g/mol. The van der Waals surface area contributed by atoms with Crippen LogP contribution in [0.15, 0.2) is 42.5 Å². The molecule has 0 saturated carbocycles. The highest BCUT2D eigenvalue weighted by Crippen LogP contribution is 2.63. The standard InChI is InChI=1S/C15H15O3PS/c1-17-19(16,18-2)12-8-4-6-10-14-15(12)11-7-3-5-9-13(11)20-14/h3-10,12H,1-2H3. The lowest BCUT2D eigenvalue weighted by atomic mass is 10.1. The normalized spacial score (nSPS) is 18.2. The summed E-state index contributed by atoms with van der Waals surface area (Å²) in [6, 6.07) is 8.14. The van der Waals surface area contributed by atoms with E-state index in [-0.39, 0.29) is 5.66 Å². The molecular weight excluding hydrogens is 291 g/mol. The van der Waals surface area contributed by atoms with Crippen molar-refractivity contribution in [1.82, 2.24) is 0 Å². The number of hydrogen-bond acceptors (Lipinski definition) is 4. The molecule has 3 rings (SSSR count). The molecule has 3 nitrogen and oxygen atoms in total. The van der Waals surface area contributed by atoms with Crippen LogP contribution >= 0.6 is 18.9 Å². The van der Waals surface area contributed by atoms with Crippen LogP contribution in [0.1, 0.15) is 16.1 Å². The van der Waals surface area contributed by atoms with Crippen LogP contribution in [0.25, 0.3) is 16.2 Å². The Morgan fingerprint density at radius 3 is 2.65 bits per heavy atom. The third-order valence-electron chi connectivity index (χ3n) is 3.46. The van der Waals surface area contributed by atoms with Gasteiger partial charge in [-0.3, -0.25) is 4.57 Å². The van der Waals surface area contributed by atoms with Gasteiger partial charge in [0.2, 0.25) is 0 Å². The van der Waals surface area contributed by atoms with E-state index in [2.05, 4.69) is 12.1 Å². The third kappa shape index (κ3) is 2.09. The van der Waals surface area contributed by atoms with Crippen molar-refractivity contribution in [2.75, 3.05) is 14.2 Å². The van der Waals surface area contributed by atoms with Crippen LogP contribution in [0.4, 0.5) is 0 Å². The van der Waals surface area contributed by atoms with Crippen LogP contribution in [0.5, 0.6) is 0 Å². The summed E-state index contributed by atoms with van der Waals surface area (Å²) >= 11 is 1.69. The van der Waals surface area contributed by atoms with E-state index in [1.54, 1.807) is 11.3 Å². The first-order chi connectivity index (χ1) is 9.69. The Balaban J connectivity index is 2.29. The van der Waals surface area contributed by atoms with Crippen molar-refractivity contribution in [2.45, 2.75) is 5.66 Å². The summed E-state index contributed by atoms with van der Waals surface area (Å²) in [4.78, 5) is 1.11. The van der Waals surface area contributed by atoms with Gasteiger partial charge in [0.1, 0.15) is 5.66 Å². The Kier molecular flexibility index (Phi) is 3.65. The summed E-state index contributed by atoms with van der Waals surface area (Å²) in [6.45, 7) is 0. The quantitative estimate of drug-likeness (QED) is 0.748. The number of thiophene rings is 1. The first-order valence-corrected chi connectivity index (χ1v) is 8.70. The maximum Gasteiger partial charge on any atom is 0.341 e. The molecule has 0 radical (unpaired) electrons. The second-order valence-corrected chi connectivity index (χ2v) is 7.92. The highest BCUT2D eigenvalue weighted by molar-refractivity contribution is 7.54. The van der Waals surface area contributed by atoms with Gasteiger partial charge in [0, 0.05) is 23.8 Å². The minimum atomic E-state index is -3.21. The average molecular weight is 306 g/mol.